The summed E-state index contributed by atoms with van der Waals surface area (Å²) in [4.78, 5) is 11.7. The lowest BCUT2D eigenvalue weighted by Gasteiger charge is -2.13. The van der Waals surface area contributed by atoms with Crippen molar-refractivity contribution in [2.24, 2.45) is 5.73 Å². The second-order valence-electron chi connectivity index (χ2n) is 4.82. The molecule has 0 bridgehead atoms. The van der Waals surface area contributed by atoms with Gasteiger partial charge in [-0.15, -0.1) is 0 Å². The quantitative estimate of drug-likeness (QED) is 0.811. The number of hydrogen-bond acceptors (Lipinski definition) is 2. The van der Waals surface area contributed by atoms with Crippen LogP contribution in [0.2, 0.25) is 0 Å². The smallest absolute Gasteiger partial charge is 0.241 e. The third-order valence-corrected chi connectivity index (χ3v) is 3.30. The third kappa shape index (κ3) is 4.15. The Hall–Kier alpha value is -1.35. The Labute approximate surface area is 110 Å². The average Bonchev–Trinajstić information content (AvgIpc) is 2.39. The third-order valence-electron chi connectivity index (χ3n) is 3.30. The number of benzene rings is 1. The van der Waals surface area contributed by atoms with Crippen molar-refractivity contribution in [3.05, 3.63) is 29.8 Å². The van der Waals surface area contributed by atoms with Gasteiger partial charge in [0.05, 0.1) is 6.04 Å². The standard InChI is InChI=1S/C15H24N2O/c1-4-6-14(16)15(18)17-13-9-7-12(8-10-13)11(3)5-2/h7-11,14H,4-6,16H2,1-3H3,(H,17,18)/t11?,14-/m1/s1. The number of carbonyl (C=O) groups excluding carboxylic acids is 1. The summed E-state index contributed by atoms with van der Waals surface area (Å²) in [6, 6.07) is 7.60. The maximum absolute atomic E-state index is 11.7. The first kappa shape index (κ1) is 14.7. The van der Waals surface area contributed by atoms with E-state index in [-0.39, 0.29) is 5.91 Å². The van der Waals surface area contributed by atoms with Crippen LogP contribution in [0.5, 0.6) is 0 Å². The second-order valence-corrected chi connectivity index (χ2v) is 4.82. The van der Waals surface area contributed by atoms with E-state index < -0.39 is 6.04 Å². The first-order valence-corrected chi connectivity index (χ1v) is 6.74. The molecule has 1 aromatic rings. The summed E-state index contributed by atoms with van der Waals surface area (Å²) in [7, 11) is 0. The van der Waals surface area contributed by atoms with Crippen LogP contribution in [0, 0.1) is 0 Å². The highest BCUT2D eigenvalue weighted by atomic mass is 16.2. The van der Waals surface area contributed by atoms with Crippen LogP contribution in [0.15, 0.2) is 24.3 Å². The van der Waals surface area contributed by atoms with Crippen molar-refractivity contribution in [2.75, 3.05) is 5.32 Å². The molecule has 0 spiro atoms. The molecular formula is C15H24N2O. The Kier molecular flexibility index (Phi) is 5.86. The number of nitrogens with two attached hydrogens (primary N) is 1. The van der Waals surface area contributed by atoms with E-state index in [1.165, 1.54) is 5.56 Å². The van der Waals surface area contributed by atoms with Gasteiger partial charge in [-0.05, 0) is 36.5 Å². The summed E-state index contributed by atoms with van der Waals surface area (Å²) in [6.45, 7) is 6.39. The summed E-state index contributed by atoms with van der Waals surface area (Å²) in [6.07, 6.45) is 2.76. The van der Waals surface area contributed by atoms with E-state index in [9.17, 15) is 4.79 Å². The summed E-state index contributed by atoms with van der Waals surface area (Å²) in [5.74, 6) is 0.449. The monoisotopic (exact) mass is 248 g/mol. The number of rotatable bonds is 6. The number of anilines is 1. The van der Waals surface area contributed by atoms with E-state index in [4.69, 9.17) is 5.73 Å². The van der Waals surface area contributed by atoms with Crippen LogP contribution in [0.3, 0.4) is 0 Å². The molecule has 0 aliphatic heterocycles. The van der Waals surface area contributed by atoms with Crippen LogP contribution in [0.4, 0.5) is 5.69 Å². The van der Waals surface area contributed by atoms with E-state index in [1.54, 1.807) is 0 Å². The minimum atomic E-state index is -0.413. The maximum Gasteiger partial charge on any atom is 0.241 e. The van der Waals surface area contributed by atoms with Crippen LogP contribution < -0.4 is 11.1 Å². The van der Waals surface area contributed by atoms with E-state index in [2.05, 4.69) is 31.3 Å². The molecule has 18 heavy (non-hydrogen) atoms. The van der Waals surface area contributed by atoms with Crippen molar-refractivity contribution in [1.29, 1.82) is 0 Å². The molecule has 0 radical (unpaired) electrons. The Balaban J connectivity index is 2.61. The zero-order chi connectivity index (χ0) is 13.5. The molecule has 2 atom stereocenters. The highest BCUT2D eigenvalue weighted by Crippen LogP contribution is 2.20. The predicted octanol–water partition coefficient (Wildman–Crippen LogP) is 3.27. The zero-order valence-corrected chi connectivity index (χ0v) is 11.6. The van der Waals surface area contributed by atoms with Crippen molar-refractivity contribution in [1.82, 2.24) is 0 Å². The van der Waals surface area contributed by atoms with E-state index >= 15 is 0 Å². The summed E-state index contributed by atoms with van der Waals surface area (Å²) >= 11 is 0. The number of hydrogen-bond donors (Lipinski definition) is 2. The summed E-state index contributed by atoms with van der Waals surface area (Å²) in [5.41, 5.74) is 7.88. The zero-order valence-electron chi connectivity index (χ0n) is 11.6. The average molecular weight is 248 g/mol. The number of nitrogens with one attached hydrogen (secondary N) is 1. The van der Waals surface area contributed by atoms with Gasteiger partial charge in [0.2, 0.25) is 5.91 Å². The molecule has 0 aliphatic carbocycles. The van der Waals surface area contributed by atoms with Gasteiger partial charge in [-0.3, -0.25) is 4.79 Å². The maximum atomic E-state index is 11.7. The van der Waals surface area contributed by atoms with E-state index in [0.29, 0.717) is 5.92 Å². The van der Waals surface area contributed by atoms with Crippen LogP contribution in [0.1, 0.15) is 51.5 Å². The summed E-state index contributed by atoms with van der Waals surface area (Å²) in [5, 5.41) is 2.85. The molecule has 0 fully saturated rings. The fourth-order valence-electron chi connectivity index (χ4n) is 1.81. The number of carbonyl (C=O) groups is 1. The Bertz CT molecular complexity index is 373. The molecule has 0 saturated heterocycles. The molecule has 0 heterocycles. The Morgan fingerprint density at radius 2 is 1.89 bits per heavy atom. The summed E-state index contributed by atoms with van der Waals surface area (Å²) < 4.78 is 0. The van der Waals surface area contributed by atoms with Crippen LogP contribution in [0.25, 0.3) is 0 Å². The molecular weight excluding hydrogens is 224 g/mol. The van der Waals surface area contributed by atoms with Gasteiger partial charge in [0, 0.05) is 5.69 Å². The molecule has 3 N–H and O–H groups in total. The first-order valence-electron chi connectivity index (χ1n) is 6.74. The minimum Gasteiger partial charge on any atom is -0.325 e. The molecule has 0 saturated carbocycles. The normalized spacial score (nSPS) is 14.0. The van der Waals surface area contributed by atoms with Crippen molar-refractivity contribution in [3.63, 3.8) is 0 Å². The Morgan fingerprint density at radius 1 is 1.28 bits per heavy atom. The van der Waals surface area contributed by atoms with Gasteiger partial charge in [-0.2, -0.15) is 0 Å². The topological polar surface area (TPSA) is 55.1 Å². The predicted molar refractivity (Wildman–Crippen MR) is 76.7 cm³/mol. The molecule has 1 unspecified atom stereocenters. The van der Waals surface area contributed by atoms with Crippen molar-refractivity contribution in [3.8, 4) is 0 Å². The number of amides is 1. The van der Waals surface area contributed by atoms with Gasteiger partial charge >= 0.3 is 0 Å². The molecule has 100 valence electrons. The van der Waals surface area contributed by atoms with Gasteiger partial charge in [0.1, 0.15) is 0 Å². The molecule has 0 aliphatic rings. The SMILES string of the molecule is CCC[C@@H](N)C(=O)Nc1ccc(C(C)CC)cc1. The van der Waals surface area contributed by atoms with E-state index in [0.717, 1.165) is 24.9 Å². The lowest BCUT2D eigenvalue weighted by atomic mass is 9.98. The molecule has 1 aromatic carbocycles. The van der Waals surface area contributed by atoms with Gasteiger partial charge in [0.15, 0.2) is 0 Å². The lowest BCUT2D eigenvalue weighted by Crippen LogP contribution is -2.35. The highest BCUT2D eigenvalue weighted by molar-refractivity contribution is 5.94. The van der Waals surface area contributed by atoms with Crippen LogP contribution in [-0.2, 0) is 4.79 Å². The van der Waals surface area contributed by atoms with Crippen molar-refractivity contribution >= 4 is 11.6 Å². The minimum absolute atomic E-state index is 0.104. The fraction of sp³-hybridized carbons (Fsp3) is 0.533. The first-order chi connectivity index (χ1) is 8.58. The van der Waals surface area contributed by atoms with Crippen LogP contribution in [-0.4, -0.2) is 11.9 Å². The van der Waals surface area contributed by atoms with E-state index in [1.807, 2.05) is 19.1 Å². The van der Waals surface area contributed by atoms with Gasteiger partial charge in [-0.1, -0.05) is 39.3 Å². The molecule has 1 amide bonds. The van der Waals surface area contributed by atoms with Gasteiger partial charge < -0.3 is 11.1 Å². The van der Waals surface area contributed by atoms with Crippen molar-refractivity contribution < 1.29 is 4.79 Å². The van der Waals surface area contributed by atoms with Crippen molar-refractivity contribution in [2.45, 2.75) is 52.0 Å². The lowest BCUT2D eigenvalue weighted by molar-refractivity contribution is -0.117. The molecule has 3 heteroatoms. The molecule has 1 rings (SSSR count). The largest absolute Gasteiger partial charge is 0.325 e. The Morgan fingerprint density at radius 3 is 2.39 bits per heavy atom. The molecule has 3 nitrogen and oxygen atoms in total. The highest BCUT2D eigenvalue weighted by Gasteiger charge is 2.12. The van der Waals surface area contributed by atoms with Gasteiger partial charge in [-0.25, -0.2) is 0 Å². The van der Waals surface area contributed by atoms with Crippen LogP contribution >= 0.6 is 0 Å². The van der Waals surface area contributed by atoms with Gasteiger partial charge in [0.25, 0.3) is 0 Å². The fourth-order valence-corrected chi connectivity index (χ4v) is 1.81. The molecule has 0 aromatic heterocycles. The second kappa shape index (κ2) is 7.17.